The molecule has 1 N–H and O–H groups in total. The lowest BCUT2D eigenvalue weighted by atomic mass is 9.75. The van der Waals surface area contributed by atoms with Gasteiger partial charge in [-0.05, 0) is 50.0 Å². The van der Waals surface area contributed by atoms with Crippen LogP contribution in [0.3, 0.4) is 0 Å². The minimum atomic E-state index is -4.32. The van der Waals surface area contributed by atoms with Gasteiger partial charge in [0.2, 0.25) is 0 Å². The van der Waals surface area contributed by atoms with E-state index in [1.165, 1.54) is 20.1 Å². The Kier molecular flexibility index (Phi) is 8.44. The number of rotatable bonds is 8. The number of sulfone groups is 1. The molecule has 206 valence electrons. The lowest BCUT2D eigenvalue weighted by Crippen LogP contribution is -2.40. The molecule has 0 spiro atoms. The Hall–Kier alpha value is -2.07. The van der Waals surface area contributed by atoms with Crippen LogP contribution in [0.1, 0.15) is 69.4 Å². The van der Waals surface area contributed by atoms with Crippen LogP contribution < -0.4 is 5.32 Å². The van der Waals surface area contributed by atoms with Crippen molar-refractivity contribution in [2.24, 2.45) is 10.8 Å². The Balaban J connectivity index is 1.74. The first-order valence-corrected chi connectivity index (χ1v) is 14.7. The first kappa shape index (κ1) is 29.5. The Bertz CT molecular complexity index is 1230. The van der Waals surface area contributed by atoms with E-state index in [1.807, 2.05) is 13.8 Å². The molecule has 1 aliphatic rings. The van der Waals surface area contributed by atoms with Crippen LogP contribution in [0.15, 0.2) is 24.3 Å². The SMILES string of the molecule is CCn1nc(C(=O)NCC2(C)CCC(S(C)(=O)=O)CC2)c(Cl)c1-c1ccc(CC(C)(C)C(F)(F)F)cc1. The monoisotopic (exact) mass is 561 g/mol. The van der Waals surface area contributed by atoms with Crippen LogP contribution in [0.2, 0.25) is 5.02 Å². The number of hydrogen-bond acceptors (Lipinski definition) is 4. The molecule has 6 nitrogen and oxygen atoms in total. The Morgan fingerprint density at radius 1 is 1.19 bits per heavy atom. The van der Waals surface area contributed by atoms with E-state index in [2.05, 4.69) is 10.4 Å². The summed E-state index contributed by atoms with van der Waals surface area (Å²) >= 11 is 6.61. The third-order valence-electron chi connectivity index (χ3n) is 7.47. The van der Waals surface area contributed by atoms with Gasteiger partial charge >= 0.3 is 6.18 Å². The maximum Gasteiger partial charge on any atom is 0.394 e. The van der Waals surface area contributed by atoms with Crippen LogP contribution >= 0.6 is 11.6 Å². The van der Waals surface area contributed by atoms with Gasteiger partial charge in [-0.15, -0.1) is 0 Å². The van der Waals surface area contributed by atoms with Crippen molar-refractivity contribution in [1.82, 2.24) is 15.1 Å². The molecule has 3 rings (SSSR count). The number of hydrogen-bond donors (Lipinski definition) is 1. The van der Waals surface area contributed by atoms with E-state index >= 15 is 0 Å². The highest BCUT2D eigenvalue weighted by molar-refractivity contribution is 7.91. The number of nitrogens with one attached hydrogen (secondary N) is 1. The molecule has 1 aromatic heterocycles. The number of aromatic nitrogens is 2. The minimum Gasteiger partial charge on any atom is -0.350 e. The van der Waals surface area contributed by atoms with Crippen LogP contribution in [0, 0.1) is 10.8 Å². The summed E-state index contributed by atoms with van der Waals surface area (Å²) in [6.07, 6.45) is -0.705. The number of nitrogens with zero attached hydrogens (tertiary/aromatic N) is 2. The van der Waals surface area contributed by atoms with Gasteiger partial charge in [0.1, 0.15) is 9.84 Å². The number of aryl methyl sites for hydroxylation is 1. The molecule has 1 heterocycles. The largest absolute Gasteiger partial charge is 0.394 e. The molecule has 0 radical (unpaired) electrons. The lowest BCUT2D eigenvalue weighted by Gasteiger charge is -2.36. The van der Waals surface area contributed by atoms with Crippen molar-refractivity contribution in [2.45, 2.75) is 77.8 Å². The van der Waals surface area contributed by atoms with Crippen LogP contribution in [0.5, 0.6) is 0 Å². The summed E-state index contributed by atoms with van der Waals surface area (Å²) in [7, 11) is -3.07. The second-order valence-electron chi connectivity index (χ2n) is 11.1. The molecule has 1 amide bonds. The number of alkyl halides is 3. The maximum atomic E-state index is 13.3. The van der Waals surface area contributed by atoms with Crippen LogP contribution in [0.25, 0.3) is 11.3 Å². The van der Waals surface area contributed by atoms with Gasteiger partial charge in [-0.1, -0.05) is 56.6 Å². The average molecular weight is 562 g/mol. The van der Waals surface area contributed by atoms with Gasteiger partial charge in [-0.3, -0.25) is 9.48 Å². The number of amides is 1. The zero-order valence-electron chi connectivity index (χ0n) is 21.9. The maximum absolute atomic E-state index is 13.3. The Labute approximate surface area is 221 Å². The fourth-order valence-corrected chi connectivity index (χ4v) is 6.17. The van der Waals surface area contributed by atoms with Crippen LogP contribution in [-0.2, 0) is 22.8 Å². The van der Waals surface area contributed by atoms with Crippen molar-refractivity contribution < 1.29 is 26.4 Å². The molecule has 0 atom stereocenters. The van der Waals surface area contributed by atoms with Crippen molar-refractivity contribution in [1.29, 1.82) is 0 Å². The van der Waals surface area contributed by atoms with Gasteiger partial charge < -0.3 is 5.32 Å². The summed E-state index contributed by atoms with van der Waals surface area (Å²) < 4.78 is 65.1. The van der Waals surface area contributed by atoms with Gasteiger partial charge in [-0.25, -0.2) is 8.42 Å². The molecule has 0 saturated heterocycles. The molecule has 1 aromatic carbocycles. The number of carbonyl (C=O) groups excluding carboxylic acids is 1. The molecule has 0 bridgehead atoms. The normalized spacial score (nSPS) is 21.2. The number of benzene rings is 1. The van der Waals surface area contributed by atoms with Gasteiger partial charge in [0, 0.05) is 24.9 Å². The van der Waals surface area contributed by atoms with Crippen molar-refractivity contribution in [3.8, 4) is 11.3 Å². The van der Waals surface area contributed by atoms with Crippen LogP contribution in [0.4, 0.5) is 13.2 Å². The first-order valence-electron chi connectivity index (χ1n) is 12.4. The Morgan fingerprint density at radius 2 is 1.76 bits per heavy atom. The molecule has 11 heteroatoms. The fraction of sp³-hybridized carbons (Fsp3) is 0.615. The smallest absolute Gasteiger partial charge is 0.350 e. The molecular formula is C26H35ClF3N3O3S. The highest BCUT2D eigenvalue weighted by Crippen LogP contribution is 2.41. The van der Waals surface area contributed by atoms with E-state index in [9.17, 15) is 26.4 Å². The van der Waals surface area contributed by atoms with Gasteiger partial charge in [0.25, 0.3) is 5.91 Å². The zero-order valence-corrected chi connectivity index (χ0v) is 23.4. The highest BCUT2D eigenvalue weighted by Gasteiger charge is 2.47. The molecule has 1 saturated carbocycles. The van der Waals surface area contributed by atoms with E-state index in [1.54, 1.807) is 28.9 Å². The zero-order chi connectivity index (χ0) is 27.8. The fourth-order valence-electron chi connectivity index (χ4n) is 4.75. The van der Waals surface area contributed by atoms with E-state index in [4.69, 9.17) is 11.6 Å². The molecule has 2 aromatic rings. The quantitative estimate of drug-likeness (QED) is 0.424. The van der Waals surface area contributed by atoms with Crippen molar-refractivity contribution in [2.75, 3.05) is 12.8 Å². The average Bonchev–Trinajstić information content (AvgIpc) is 3.13. The molecule has 1 fully saturated rings. The predicted molar refractivity (Wildman–Crippen MR) is 139 cm³/mol. The summed E-state index contributed by atoms with van der Waals surface area (Å²) in [4.78, 5) is 13.0. The van der Waals surface area contributed by atoms with E-state index in [-0.39, 0.29) is 27.8 Å². The van der Waals surface area contributed by atoms with Crippen molar-refractivity contribution >= 4 is 27.3 Å². The van der Waals surface area contributed by atoms with Gasteiger partial charge in [-0.2, -0.15) is 18.3 Å². The van der Waals surface area contributed by atoms with E-state index in [0.29, 0.717) is 55.6 Å². The summed E-state index contributed by atoms with van der Waals surface area (Å²) in [5, 5.41) is 7.15. The topological polar surface area (TPSA) is 81.1 Å². The lowest BCUT2D eigenvalue weighted by molar-refractivity contribution is -0.211. The molecule has 1 aliphatic carbocycles. The van der Waals surface area contributed by atoms with Crippen molar-refractivity contribution in [3.63, 3.8) is 0 Å². The molecular weight excluding hydrogens is 527 g/mol. The van der Waals surface area contributed by atoms with Gasteiger partial charge in [0.15, 0.2) is 5.69 Å². The molecule has 37 heavy (non-hydrogen) atoms. The predicted octanol–water partition coefficient (Wildman–Crippen LogP) is 6.08. The summed E-state index contributed by atoms with van der Waals surface area (Å²) in [6, 6.07) is 6.67. The Morgan fingerprint density at radius 3 is 2.24 bits per heavy atom. The third kappa shape index (κ3) is 6.69. The van der Waals surface area contributed by atoms with Crippen molar-refractivity contribution in [3.05, 3.63) is 40.5 Å². The van der Waals surface area contributed by atoms with E-state index < -0.39 is 27.3 Å². The standard InChI is InChI=1S/C26H35ClF3N3O3S/c1-6-33-22(18-9-7-17(8-10-18)15-24(2,3)26(28,29)30)20(27)21(32-33)23(34)31-16-25(4)13-11-19(12-14-25)37(5,35)36/h7-10,19H,6,11-16H2,1-5H3,(H,31,34). The van der Waals surface area contributed by atoms with Crippen LogP contribution in [-0.4, -0.2) is 48.3 Å². The summed E-state index contributed by atoms with van der Waals surface area (Å²) in [6.45, 7) is 7.05. The minimum absolute atomic E-state index is 0.0780. The van der Waals surface area contributed by atoms with E-state index in [0.717, 1.165) is 0 Å². The second-order valence-corrected chi connectivity index (χ2v) is 13.8. The number of halogens is 4. The first-order chi connectivity index (χ1) is 17.0. The molecule has 0 unspecified atom stereocenters. The summed E-state index contributed by atoms with van der Waals surface area (Å²) in [5.41, 5.74) is -0.285. The van der Waals surface area contributed by atoms with Gasteiger partial charge in [0.05, 0.1) is 21.4 Å². The summed E-state index contributed by atoms with van der Waals surface area (Å²) in [5.74, 6) is -0.423. The number of carbonyl (C=O) groups is 1. The second kappa shape index (κ2) is 10.6. The highest BCUT2D eigenvalue weighted by atomic mass is 35.5. The third-order valence-corrected chi connectivity index (χ3v) is 9.51. The molecule has 0 aliphatic heterocycles.